The second-order valence-electron chi connectivity index (χ2n) is 6.26. The van der Waals surface area contributed by atoms with Crippen LogP contribution in [0.5, 0.6) is 5.75 Å². The normalized spacial score (nSPS) is 18.0. The first kappa shape index (κ1) is 17.0. The van der Waals surface area contributed by atoms with Gasteiger partial charge in [-0.2, -0.15) is 0 Å². The number of aryl methyl sites for hydroxylation is 1. The van der Waals surface area contributed by atoms with Gasteiger partial charge in [-0.25, -0.2) is 0 Å². The van der Waals surface area contributed by atoms with Gasteiger partial charge in [-0.1, -0.05) is 29.8 Å². The lowest BCUT2D eigenvalue weighted by molar-refractivity contribution is -0.116. The summed E-state index contributed by atoms with van der Waals surface area (Å²) in [6, 6.07) is 15.3. The maximum absolute atomic E-state index is 12.5. The minimum Gasteiger partial charge on any atom is -0.511 e. The summed E-state index contributed by atoms with van der Waals surface area (Å²) in [6.45, 7) is 2.01. The molecule has 2 aromatic rings. The summed E-state index contributed by atoms with van der Waals surface area (Å²) < 4.78 is 5.15. The van der Waals surface area contributed by atoms with Crippen LogP contribution in [0.25, 0.3) is 0 Å². The van der Waals surface area contributed by atoms with Crippen molar-refractivity contribution in [2.45, 2.75) is 25.7 Å². The summed E-state index contributed by atoms with van der Waals surface area (Å²) in [5.74, 6) is 0.778. The first-order valence-corrected chi connectivity index (χ1v) is 8.27. The van der Waals surface area contributed by atoms with Crippen LogP contribution in [0.4, 0.5) is 5.69 Å². The Morgan fingerprint density at radius 2 is 1.76 bits per heavy atom. The number of hydrogen-bond acceptors (Lipinski definition) is 4. The monoisotopic (exact) mass is 335 g/mol. The van der Waals surface area contributed by atoms with Crippen molar-refractivity contribution in [1.82, 2.24) is 0 Å². The fraction of sp³-hybridized carbons (Fsp3) is 0.238. The van der Waals surface area contributed by atoms with Gasteiger partial charge in [-0.05, 0) is 42.7 Å². The smallest absolute Gasteiger partial charge is 0.168 e. The number of aliphatic hydroxyl groups excluding tert-OH is 1. The van der Waals surface area contributed by atoms with Crippen LogP contribution in [0.1, 0.15) is 29.9 Å². The molecule has 2 aromatic carbocycles. The van der Waals surface area contributed by atoms with E-state index in [1.54, 1.807) is 7.11 Å². The molecule has 1 atom stereocenters. The highest BCUT2D eigenvalue weighted by Crippen LogP contribution is 2.34. The fourth-order valence-electron chi connectivity index (χ4n) is 2.94. The zero-order chi connectivity index (χ0) is 17.8. The Hall–Kier alpha value is -2.88. The molecule has 3 rings (SSSR count). The molecular formula is C21H21NO3. The molecule has 1 unspecified atom stereocenters. The van der Waals surface area contributed by atoms with Crippen LogP contribution in [-0.2, 0) is 4.79 Å². The van der Waals surface area contributed by atoms with Gasteiger partial charge in [0.15, 0.2) is 5.78 Å². The van der Waals surface area contributed by atoms with E-state index in [0.717, 1.165) is 22.6 Å². The lowest BCUT2D eigenvalue weighted by Crippen LogP contribution is -2.19. The third-order valence-electron chi connectivity index (χ3n) is 4.45. The summed E-state index contributed by atoms with van der Waals surface area (Å²) >= 11 is 0. The van der Waals surface area contributed by atoms with Crippen molar-refractivity contribution in [2.24, 2.45) is 4.99 Å². The van der Waals surface area contributed by atoms with E-state index in [-0.39, 0.29) is 17.5 Å². The van der Waals surface area contributed by atoms with Crippen LogP contribution in [-0.4, -0.2) is 24.2 Å². The number of nitrogens with zero attached hydrogens (tertiary/aromatic N) is 1. The van der Waals surface area contributed by atoms with Gasteiger partial charge in [0, 0.05) is 19.1 Å². The number of aliphatic hydroxyl groups is 1. The van der Waals surface area contributed by atoms with E-state index in [1.165, 1.54) is 6.21 Å². The number of Topliss-reactive ketones (excluding diaryl/α,β-unsaturated/α-hetero) is 1. The van der Waals surface area contributed by atoms with Crippen LogP contribution in [0.3, 0.4) is 0 Å². The van der Waals surface area contributed by atoms with Crippen molar-refractivity contribution in [2.75, 3.05) is 7.11 Å². The van der Waals surface area contributed by atoms with Gasteiger partial charge in [0.25, 0.3) is 0 Å². The average Bonchev–Trinajstić information content (AvgIpc) is 2.62. The maximum Gasteiger partial charge on any atom is 0.168 e. The predicted molar refractivity (Wildman–Crippen MR) is 99.0 cm³/mol. The summed E-state index contributed by atoms with van der Waals surface area (Å²) in [5.41, 5.74) is 3.24. The standard InChI is InChI=1S/C21H21NO3/c1-14-3-7-17(8-4-14)22-13-19-20(23)11-16(12-21(19)24)15-5-9-18(25-2)10-6-15/h3-10,13,16,23H,11-12H2,1-2H3. The molecule has 1 aliphatic carbocycles. The topological polar surface area (TPSA) is 58.9 Å². The van der Waals surface area contributed by atoms with E-state index < -0.39 is 0 Å². The number of allylic oxidation sites excluding steroid dienone is 2. The Bertz CT molecular complexity index is 817. The Morgan fingerprint density at radius 1 is 1.08 bits per heavy atom. The van der Waals surface area contributed by atoms with E-state index in [9.17, 15) is 9.90 Å². The molecule has 0 saturated carbocycles. The molecule has 0 radical (unpaired) electrons. The zero-order valence-corrected chi connectivity index (χ0v) is 14.4. The Morgan fingerprint density at radius 3 is 2.36 bits per heavy atom. The van der Waals surface area contributed by atoms with Gasteiger partial charge < -0.3 is 9.84 Å². The number of aliphatic imine (C=N–C) groups is 1. The van der Waals surface area contributed by atoms with Crippen molar-refractivity contribution in [3.05, 3.63) is 71.0 Å². The summed E-state index contributed by atoms with van der Waals surface area (Å²) in [5, 5.41) is 10.3. The average molecular weight is 335 g/mol. The molecule has 0 aliphatic heterocycles. The molecule has 0 spiro atoms. The largest absolute Gasteiger partial charge is 0.511 e. The minimum absolute atomic E-state index is 0.0186. The zero-order valence-electron chi connectivity index (χ0n) is 14.4. The highest BCUT2D eigenvalue weighted by atomic mass is 16.5. The number of benzene rings is 2. The van der Waals surface area contributed by atoms with Gasteiger partial charge in [0.1, 0.15) is 11.5 Å². The Kier molecular flexibility index (Phi) is 4.98. The lowest BCUT2D eigenvalue weighted by Gasteiger charge is -2.22. The van der Waals surface area contributed by atoms with Crippen molar-refractivity contribution < 1.29 is 14.6 Å². The van der Waals surface area contributed by atoms with Crippen LogP contribution in [0.2, 0.25) is 0 Å². The SMILES string of the molecule is COc1ccc(C2CC(=O)C(C=Nc3ccc(C)cc3)=C(O)C2)cc1. The van der Waals surface area contributed by atoms with Gasteiger partial charge >= 0.3 is 0 Å². The second-order valence-corrected chi connectivity index (χ2v) is 6.26. The molecule has 4 heteroatoms. The Balaban J connectivity index is 1.77. The number of carbonyl (C=O) groups is 1. The fourth-order valence-corrected chi connectivity index (χ4v) is 2.94. The van der Waals surface area contributed by atoms with E-state index in [1.807, 2.05) is 55.5 Å². The van der Waals surface area contributed by atoms with Gasteiger partial charge in [-0.15, -0.1) is 0 Å². The van der Waals surface area contributed by atoms with Crippen LogP contribution in [0, 0.1) is 6.92 Å². The van der Waals surface area contributed by atoms with E-state index in [0.29, 0.717) is 18.4 Å². The number of hydrogen-bond donors (Lipinski definition) is 1. The van der Waals surface area contributed by atoms with Gasteiger partial charge in [0.05, 0.1) is 18.4 Å². The quantitative estimate of drug-likeness (QED) is 0.826. The third-order valence-corrected chi connectivity index (χ3v) is 4.45. The molecule has 0 fully saturated rings. The van der Waals surface area contributed by atoms with Crippen LogP contribution < -0.4 is 4.74 Å². The minimum atomic E-state index is -0.0829. The summed E-state index contributed by atoms with van der Waals surface area (Å²) in [6.07, 6.45) is 2.28. The summed E-state index contributed by atoms with van der Waals surface area (Å²) in [4.78, 5) is 16.8. The highest BCUT2D eigenvalue weighted by Gasteiger charge is 2.27. The lowest BCUT2D eigenvalue weighted by atomic mass is 9.83. The molecule has 0 aromatic heterocycles. The maximum atomic E-state index is 12.5. The van der Waals surface area contributed by atoms with Crippen molar-refractivity contribution >= 4 is 17.7 Å². The molecule has 0 saturated heterocycles. The number of rotatable bonds is 4. The molecule has 1 aliphatic rings. The molecule has 128 valence electrons. The van der Waals surface area contributed by atoms with Crippen molar-refractivity contribution in [3.63, 3.8) is 0 Å². The number of carbonyl (C=O) groups excluding carboxylic acids is 1. The number of ether oxygens (including phenoxy) is 1. The third kappa shape index (κ3) is 3.97. The molecule has 4 nitrogen and oxygen atoms in total. The van der Waals surface area contributed by atoms with E-state index in [2.05, 4.69) is 4.99 Å². The van der Waals surface area contributed by atoms with Crippen LogP contribution >= 0.6 is 0 Å². The predicted octanol–water partition coefficient (Wildman–Crippen LogP) is 4.66. The second kappa shape index (κ2) is 7.34. The number of methoxy groups -OCH3 is 1. The first-order valence-electron chi connectivity index (χ1n) is 8.27. The Labute approximate surface area is 147 Å². The molecule has 0 bridgehead atoms. The molecule has 0 amide bonds. The van der Waals surface area contributed by atoms with Crippen LogP contribution in [0.15, 0.2) is 64.9 Å². The molecule has 1 N–H and O–H groups in total. The van der Waals surface area contributed by atoms with Crippen molar-refractivity contribution in [3.8, 4) is 5.75 Å². The van der Waals surface area contributed by atoms with Gasteiger partial charge in [0.2, 0.25) is 0 Å². The van der Waals surface area contributed by atoms with E-state index in [4.69, 9.17) is 4.74 Å². The first-order chi connectivity index (χ1) is 12.1. The number of ketones is 1. The van der Waals surface area contributed by atoms with E-state index >= 15 is 0 Å². The molecule has 0 heterocycles. The molecular weight excluding hydrogens is 314 g/mol. The highest BCUT2D eigenvalue weighted by molar-refractivity contribution is 6.15. The molecule has 25 heavy (non-hydrogen) atoms. The van der Waals surface area contributed by atoms with Gasteiger partial charge in [-0.3, -0.25) is 9.79 Å². The summed E-state index contributed by atoms with van der Waals surface area (Å²) in [7, 11) is 1.62. The van der Waals surface area contributed by atoms with Crippen molar-refractivity contribution in [1.29, 1.82) is 0 Å².